The van der Waals surface area contributed by atoms with Crippen LogP contribution in [0.2, 0.25) is 0 Å². The van der Waals surface area contributed by atoms with Gasteiger partial charge in [-0.1, -0.05) is 55.1 Å². The summed E-state index contributed by atoms with van der Waals surface area (Å²) in [5.41, 5.74) is 3.30. The number of hydrogen-bond acceptors (Lipinski definition) is 4. The quantitative estimate of drug-likeness (QED) is 0.424. The first-order valence-electron chi connectivity index (χ1n) is 8.07. The lowest BCUT2D eigenvalue weighted by atomic mass is 10.1. The van der Waals surface area contributed by atoms with E-state index in [0.717, 1.165) is 17.6 Å². The predicted octanol–water partition coefficient (Wildman–Crippen LogP) is 5.06. The minimum atomic E-state index is -0.404. The van der Waals surface area contributed by atoms with E-state index in [1.807, 2.05) is 48.8 Å². The van der Waals surface area contributed by atoms with Crippen LogP contribution in [0.3, 0.4) is 0 Å². The molecule has 2 aliphatic heterocycles. The lowest BCUT2D eigenvalue weighted by Crippen LogP contribution is -2.06. The van der Waals surface area contributed by atoms with Gasteiger partial charge in [0, 0.05) is 10.8 Å². The summed E-state index contributed by atoms with van der Waals surface area (Å²) in [5, 5.41) is 2.29. The summed E-state index contributed by atoms with van der Waals surface area (Å²) >= 11 is 1.68. The maximum atomic E-state index is 12.0. The van der Waals surface area contributed by atoms with Crippen molar-refractivity contribution in [2.45, 2.75) is 18.6 Å². The highest BCUT2D eigenvalue weighted by Crippen LogP contribution is 2.28. The average Bonchev–Trinajstić information content (AvgIpc) is 3.27. The fraction of sp³-hybridized carbons (Fsp3) is 0.143. The molecule has 0 amide bonds. The van der Waals surface area contributed by atoms with Crippen molar-refractivity contribution in [3.05, 3.63) is 89.5 Å². The van der Waals surface area contributed by atoms with Gasteiger partial charge >= 0.3 is 5.97 Å². The number of benzene rings is 1. The molecule has 2 aliphatic rings. The van der Waals surface area contributed by atoms with E-state index in [1.165, 1.54) is 0 Å². The van der Waals surface area contributed by atoms with E-state index in [1.54, 1.807) is 17.8 Å². The third kappa shape index (κ3) is 4.28. The Bertz CT molecular complexity index is 821. The largest absolute Gasteiger partial charge is 0.402 e. The van der Waals surface area contributed by atoms with Gasteiger partial charge in [0.2, 0.25) is 5.90 Å². The second-order valence-corrected chi connectivity index (χ2v) is 6.83. The predicted molar refractivity (Wildman–Crippen MR) is 105 cm³/mol. The first kappa shape index (κ1) is 17.2. The van der Waals surface area contributed by atoms with Crippen LogP contribution in [0.15, 0.2) is 89.0 Å². The highest BCUT2D eigenvalue weighted by Gasteiger charge is 2.25. The average molecular weight is 349 g/mol. The Morgan fingerprint density at radius 2 is 2.12 bits per heavy atom. The van der Waals surface area contributed by atoms with Crippen LogP contribution in [0.4, 0.5) is 0 Å². The number of hydrogen-bond donors (Lipinski definition) is 0. The minimum Gasteiger partial charge on any atom is -0.402 e. The summed E-state index contributed by atoms with van der Waals surface area (Å²) in [5.74, 6) is -0.0988. The van der Waals surface area contributed by atoms with Crippen molar-refractivity contribution in [2.75, 3.05) is 0 Å². The Balaban J connectivity index is 1.81. The first-order valence-corrected chi connectivity index (χ1v) is 9.01. The van der Waals surface area contributed by atoms with Gasteiger partial charge in [-0.15, -0.1) is 11.8 Å². The molecular weight excluding hydrogens is 330 g/mol. The van der Waals surface area contributed by atoms with E-state index in [0.29, 0.717) is 17.2 Å². The molecule has 0 radical (unpaired) electrons. The first-order chi connectivity index (χ1) is 12.2. The third-order valence-electron chi connectivity index (χ3n) is 3.89. The van der Waals surface area contributed by atoms with Crippen molar-refractivity contribution in [1.82, 2.24) is 0 Å². The number of nitrogens with zero attached hydrogens (tertiary/aromatic N) is 1. The van der Waals surface area contributed by atoms with E-state index in [4.69, 9.17) is 4.74 Å². The number of carbonyl (C=O) groups is 1. The van der Waals surface area contributed by atoms with Crippen LogP contribution in [0.1, 0.15) is 18.9 Å². The summed E-state index contributed by atoms with van der Waals surface area (Å²) in [6, 6.07) is 10.1. The van der Waals surface area contributed by atoms with E-state index in [-0.39, 0.29) is 5.25 Å². The number of aliphatic imine (C=N–C) groups is 1. The van der Waals surface area contributed by atoms with Gasteiger partial charge in [0.05, 0.1) is 0 Å². The lowest BCUT2D eigenvalue weighted by molar-refractivity contribution is -0.130. The van der Waals surface area contributed by atoms with Crippen LogP contribution in [-0.2, 0) is 9.53 Å². The van der Waals surface area contributed by atoms with Crippen LogP contribution >= 0.6 is 11.8 Å². The van der Waals surface area contributed by atoms with Gasteiger partial charge in [-0.2, -0.15) is 0 Å². The lowest BCUT2D eigenvalue weighted by Gasteiger charge is -2.01. The molecular formula is C21H19NO2S. The van der Waals surface area contributed by atoms with Crippen LogP contribution in [0.25, 0.3) is 5.57 Å². The maximum absolute atomic E-state index is 12.0. The molecule has 1 atom stereocenters. The number of ether oxygens (including phenoxy) is 1. The summed E-state index contributed by atoms with van der Waals surface area (Å²) in [6.45, 7) is 5.84. The molecule has 0 aliphatic carbocycles. The van der Waals surface area contributed by atoms with Gasteiger partial charge in [-0.3, -0.25) is 0 Å². The molecule has 25 heavy (non-hydrogen) atoms. The van der Waals surface area contributed by atoms with Crippen LogP contribution in [-0.4, -0.2) is 17.1 Å². The van der Waals surface area contributed by atoms with E-state index in [2.05, 4.69) is 29.8 Å². The van der Waals surface area contributed by atoms with Crippen molar-refractivity contribution in [1.29, 1.82) is 0 Å². The number of esters is 1. The van der Waals surface area contributed by atoms with E-state index in [9.17, 15) is 4.79 Å². The molecule has 0 bridgehead atoms. The molecule has 4 heteroatoms. The molecule has 3 nitrogen and oxygen atoms in total. The van der Waals surface area contributed by atoms with E-state index >= 15 is 0 Å². The molecule has 0 aromatic heterocycles. The fourth-order valence-corrected chi connectivity index (χ4v) is 3.32. The van der Waals surface area contributed by atoms with Crippen molar-refractivity contribution in [2.24, 2.45) is 4.99 Å². The monoisotopic (exact) mass is 349 g/mol. The standard InChI is InChI=1S/C21H19NO2S/c1-3-16(12-11-15(2)17-8-5-4-6-9-17)20-22-19(21(23)24-20)14-18-10-7-13-25-18/h3-9,11-14,18H,1,10H2,2H3/b15-11+,16-12+,19-14+. The molecule has 126 valence electrons. The molecule has 2 heterocycles. The molecule has 0 saturated carbocycles. The third-order valence-corrected chi connectivity index (χ3v) is 4.92. The number of cyclic esters (lactones) is 1. The zero-order valence-electron chi connectivity index (χ0n) is 14.0. The van der Waals surface area contributed by atoms with Crippen LogP contribution < -0.4 is 0 Å². The highest BCUT2D eigenvalue weighted by atomic mass is 32.2. The Kier molecular flexibility index (Phi) is 5.51. The fourth-order valence-electron chi connectivity index (χ4n) is 2.47. The molecule has 0 spiro atoms. The van der Waals surface area contributed by atoms with Crippen LogP contribution in [0.5, 0.6) is 0 Å². The SMILES string of the molecule is C=C/C(=C\C=C(/C)c1ccccc1)C1=N/C(=C/C2CC=CS2)C(=O)O1. The van der Waals surface area contributed by atoms with E-state index < -0.39 is 5.97 Å². The van der Waals surface area contributed by atoms with Crippen LogP contribution in [0, 0.1) is 0 Å². The van der Waals surface area contributed by atoms with Crippen molar-refractivity contribution in [3.8, 4) is 0 Å². The van der Waals surface area contributed by atoms with Gasteiger partial charge in [0.25, 0.3) is 0 Å². The number of allylic oxidation sites excluding steroid dienone is 4. The van der Waals surface area contributed by atoms with Crippen molar-refractivity contribution in [3.63, 3.8) is 0 Å². The smallest absolute Gasteiger partial charge is 0.363 e. The molecule has 3 rings (SSSR count). The number of carbonyl (C=O) groups excluding carboxylic acids is 1. The topological polar surface area (TPSA) is 38.7 Å². The molecule has 0 fully saturated rings. The van der Waals surface area contributed by atoms with Gasteiger partial charge in [-0.05, 0) is 42.0 Å². The van der Waals surface area contributed by atoms with Gasteiger partial charge < -0.3 is 4.74 Å². The molecule has 1 aromatic rings. The summed E-state index contributed by atoms with van der Waals surface area (Å²) in [4.78, 5) is 16.4. The Morgan fingerprint density at radius 1 is 1.32 bits per heavy atom. The Morgan fingerprint density at radius 3 is 2.80 bits per heavy atom. The summed E-state index contributed by atoms with van der Waals surface area (Å²) in [7, 11) is 0. The summed E-state index contributed by atoms with van der Waals surface area (Å²) in [6.07, 6.45) is 10.4. The highest BCUT2D eigenvalue weighted by molar-refractivity contribution is 8.03. The second kappa shape index (κ2) is 7.99. The zero-order valence-corrected chi connectivity index (χ0v) is 14.8. The molecule has 1 unspecified atom stereocenters. The normalized spacial score (nSPS) is 22.3. The van der Waals surface area contributed by atoms with Gasteiger partial charge in [0.15, 0.2) is 0 Å². The van der Waals surface area contributed by atoms with Crippen molar-refractivity contribution < 1.29 is 9.53 Å². The molecule has 0 saturated heterocycles. The second-order valence-electron chi connectivity index (χ2n) is 5.68. The Hall–Kier alpha value is -2.59. The molecule has 1 aromatic carbocycles. The number of thioether (sulfide) groups is 1. The summed E-state index contributed by atoms with van der Waals surface area (Å²) < 4.78 is 5.32. The van der Waals surface area contributed by atoms with Crippen molar-refractivity contribution >= 4 is 29.2 Å². The Labute approximate surface area is 152 Å². The van der Waals surface area contributed by atoms with Gasteiger partial charge in [0.1, 0.15) is 5.70 Å². The minimum absolute atomic E-state index is 0.252. The van der Waals surface area contributed by atoms with Gasteiger partial charge in [-0.25, -0.2) is 9.79 Å². The number of rotatable bonds is 5. The molecule has 0 N–H and O–H groups in total. The maximum Gasteiger partial charge on any atom is 0.363 e. The zero-order chi connectivity index (χ0) is 17.6.